The number of ketones is 1. The molecule has 0 aliphatic rings. The second kappa shape index (κ2) is 8.21. The van der Waals surface area contributed by atoms with Gasteiger partial charge in [0.05, 0.1) is 5.56 Å². The largest absolute Gasteiger partial charge is 0.456 e. The van der Waals surface area contributed by atoms with Crippen LogP contribution in [0.5, 0.6) is 0 Å². The molecule has 2 aromatic carbocycles. The first kappa shape index (κ1) is 17.6. The highest BCUT2D eigenvalue weighted by atomic mass is 35.5. The van der Waals surface area contributed by atoms with E-state index >= 15 is 0 Å². The molecule has 0 heterocycles. The predicted octanol–water partition coefficient (Wildman–Crippen LogP) is 2.64. The Balaban J connectivity index is 1.79. The van der Waals surface area contributed by atoms with E-state index in [1.54, 1.807) is 12.1 Å². The average Bonchev–Trinajstić information content (AvgIpc) is 2.58. The van der Waals surface area contributed by atoms with E-state index in [9.17, 15) is 18.8 Å². The number of Topliss-reactive ketones (excluding diaryl/α,β-unsaturated/α-hetero) is 1. The van der Waals surface area contributed by atoms with E-state index in [0.717, 1.165) is 6.07 Å². The van der Waals surface area contributed by atoms with Gasteiger partial charge >= 0.3 is 5.97 Å². The summed E-state index contributed by atoms with van der Waals surface area (Å²) in [6.07, 6.45) is 0. The second-order valence-electron chi connectivity index (χ2n) is 4.75. The lowest BCUT2D eigenvalue weighted by atomic mass is 10.1. The van der Waals surface area contributed by atoms with Gasteiger partial charge in [-0.1, -0.05) is 23.7 Å². The molecule has 0 aliphatic carbocycles. The summed E-state index contributed by atoms with van der Waals surface area (Å²) in [5.74, 6) is -2.63. The van der Waals surface area contributed by atoms with E-state index < -0.39 is 36.6 Å². The number of ether oxygens (including phenoxy) is 1. The van der Waals surface area contributed by atoms with E-state index in [1.165, 1.54) is 30.3 Å². The van der Waals surface area contributed by atoms with Gasteiger partial charge in [-0.3, -0.25) is 14.4 Å². The van der Waals surface area contributed by atoms with Crippen LogP contribution in [0.4, 0.5) is 4.39 Å². The molecular formula is C17H13ClFNO4. The van der Waals surface area contributed by atoms with E-state index in [-0.39, 0.29) is 5.56 Å². The normalized spacial score (nSPS) is 10.1. The lowest BCUT2D eigenvalue weighted by Crippen LogP contribution is -2.31. The van der Waals surface area contributed by atoms with Gasteiger partial charge in [0.25, 0.3) is 5.91 Å². The summed E-state index contributed by atoms with van der Waals surface area (Å²) in [5, 5.41) is 2.84. The van der Waals surface area contributed by atoms with Crippen LogP contribution in [-0.4, -0.2) is 30.8 Å². The standard InChI is InChI=1S/C17H13ClFNO4/c18-12-7-5-11(6-8-12)17(23)20-9-16(22)24-10-15(21)13-3-1-2-4-14(13)19/h1-8H,9-10H2,(H,20,23). The molecule has 24 heavy (non-hydrogen) atoms. The van der Waals surface area contributed by atoms with Gasteiger partial charge in [-0.25, -0.2) is 4.39 Å². The van der Waals surface area contributed by atoms with Crippen LogP contribution in [0.2, 0.25) is 5.02 Å². The molecule has 5 nitrogen and oxygen atoms in total. The third-order valence-corrected chi connectivity index (χ3v) is 3.29. The fraction of sp³-hybridized carbons (Fsp3) is 0.118. The Labute approximate surface area is 142 Å². The van der Waals surface area contributed by atoms with E-state index in [2.05, 4.69) is 5.32 Å². The molecule has 0 saturated heterocycles. The highest BCUT2D eigenvalue weighted by molar-refractivity contribution is 6.30. The first-order valence-electron chi connectivity index (χ1n) is 6.94. The molecule has 0 saturated carbocycles. The fourth-order valence-corrected chi connectivity index (χ4v) is 1.94. The quantitative estimate of drug-likeness (QED) is 0.642. The summed E-state index contributed by atoms with van der Waals surface area (Å²) in [6, 6.07) is 11.5. The first-order chi connectivity index (χ1) is 11.5. The summed E-state index contributed by atoms with van der Waals surface area (Å²) in [7, 11) is 0. The van der Waals surface area contributed by atoms with Crippen molar-refractivity contribution < 1.29 is 23.5 Å². The second-order valence-corrected chi connectivity index (χ2v) is 5.19. The maximum Gasteiger partial charge on any atom is 0.325 e. The highest BCUT2D eigenvalue weighted by Crippen LogP contribution is 2.09. The molecular weight excluding hydrogens is 337 g/mol. The number of halogens is 2. The van der Waals surface area contributed by atoms with Crippen molar-refractivity contribution in [2.75, 3.05) is 13.2 Å². The minimum atomic E-state index is -0.804. The molecule has 7 heteroatoms. The van der Waals surface area contributed by atoms with Crippen molar-refractivity contribution in [1.82, 2.24) is 5.32 Å². The van der Waals surface area contributed by atoms with Crippen LogP contribution in [0, 0.1) is 5.82 Å². The summed E-state index contributed by atoms with van der Waals surface area (Å²) in [6.45, 7) is -1.01. The van der Waals surface area contributed by atoms with Gasteiger partial charge < -0.3 is 10.1 Å². The third-order valence-electron chi connectivity index (χ3n) is 3.04. The van der Waals surface area contributed by atoms with Crippen LogP contribution >= 0.6 is 11.6 Å². The zero-order chi connectivity index (χ0) is 17.5. The minimum absolute atomic E-state index is 0.157. The minimum Gasteiger partial charge on any atom is -0.456 e. The number of rotatable bonds is 6. The molecule has 0 radical (unpaired) electrons. The molecule has 124 valence electrons. The van der Waals surface area contributed by atoms with Crippen LogP contribution < -0.4 is 5.32 Å². The molecule has 0 bridgehead atoms. The summed E-state index contributed by atoms with van der Waals surface area (Å²) in [4.78, 5) is 35.1. The Morgan fingerprint density at radius 3 is 2.38 bits per heavy atom. The van der Waals surface area contributed by atoms with Crippen molar-refractivity contribution >= 4 is 29.3 Å². The fourth-order valence-electron chi connectivity index (χ4n) is 1.82. The van der Waals surface area contributed by atoms with Crippen LogP contribution in [0.15, 0.2) is 48.5 Å². The van der Waals surface area contributed by atoms with Crippen molar-refractivity contribution in [2.24, 2.45) is 0 Å². The number of amides is 1. The molecule has 0 aromatic heterocycles. The summed E-state index contributed by atoms with van der Waals surface area (Å²) < 4.78 is 18.1. The van der Waals surface area contributed by atoms with Crippen molar-refractivity contribution in [3.63, 3.8) is 0 Å². The molecule has 1 amide bonds. The molecule has 2 rings (SSSR count). The van der Waals surface area contributed by atoms with Gasteiger partial charge in [0, 0.05) is 10.6 Å². The maximum absolute atomic E-state index is 13.4. The predicted molar refractivity (Wildman–Crippen MR) is 85.5 cm³/mol. The number of nitrogens with one attached hydrogen (secondary N) is 1. The number of carbonyl (C=O) groups is 3. The average molecular weight is 350 g/mol. The SMILES string of the molecule is O=C(CNC(=O)c1ccc(Cl)cc1)OCC(=O)c1ccccc1F. The van der Waals surface area contributed by atoms with Crippen LogP contribution in [0.1, 0.15) is 20.7 Å². The smallest absolute Gasteiger partial charge is 0.325 e. The van der Waals surface area contributed by atoms with Crippen molar-refractivity contribution in [3.05, 3.63) is 70.5 Å². The molecule has 0 atom stereocenters. The maximum atomic E-state index is 13.4. The van der Waals surface area contributed by atoms with Crippen molar-refractivity contribution in [1.29, 1.82) is 0 Å². The number of esters is 1. The van der Waals surface area contributed by atoms with Gasteiger partial charge in [-0.2, -0.15) is 0 Å². The summed E-state index contributed by atoms with van der Waals surface area (Å²) >= 11 is 5.71. The van der Waals surface area contributed by atoms with E-state index in [1.807, 2.05) is 0 Å². The van der Waals surface area contributed by atoms with Gasteiger partial charge in [0.1, 0.15) is 12.4 Å². The molecule has 0 aliphatic heterocycles. The van der Waals surface area contributed by atoms with Gasteiger partial charge in [0.15, 0.2) is 6.61 Å². The van der Waals surface area contributed by atoms with Crippen molar-refractivity contribution in [2.45, 2.75) is 0 Å². The summed E-state index contributed by atoms with van der Waals surface area (Å²) in [5.41, 5.74) is 0.171. The molecule has 0 fully saturated rings. The van der Waals surface area contributed by atoms with Gasteiger partial charge in [-0.05, 0) is 36.4 Å². The molecule has 2 aromatic rings. The lowest BCUT2D eigenvalue weighted by molar-refractivity contribution is -0.141. The van der Waals surface area contributed by atoms with E-state index in [4.69, 9.17) is 16.3 Å². The van der Waals surface area contributed by atoms with Gasteiger partial charge in [0.2, 0.25) is 5.78 Å². The monoisotopic (exact) mass is 349 g/mol. The number of carbonyl (C=O) groups excluding carboxylic acids is 3. The van der Waals surface area contributed by atoms with E-state index in [0.29, 0.717) is 10.6 Å². The van der Waals surface area contributed by atoms with Crippen LogP contribution in [0.3, 0.4) is 0 Å². The zero-order valence-electron chi connectivity index (χ0n) is 12.4. The first-order valence-corrected chi connectivity index (χ1v) is 7.32. The van der Waals surface area contributed by atoms with Crippen molar-refractivity contribution in [3.8, 4) is 0 Å². The topological polar surface area (TPSA) is 72.5 Å². The number of hydrogen-bond donors (Lipinski definition) is 1. The Kier molecular flexibility index (Phi) is 6.03. The highest BCUT2D eigenvalue weighted by Gasteiger charge is 2.14. The number of benzene rings is 2. The Bertz CT molecular complexity index is 761. The Morgan fingerprint density at radius 1 is 1.04 bits per heavy atom. The van der Waals surface area contributed by atoms with Crippen LogP contribution in [0.25, 0.3) is 0 Å². The lowest BCUT2D eigenvalue weighted by Gasteiger charge is -2.07. The Morgan fingerprint density at radius 2 is 1.71 bits per heavy atom. The third kappa shape index (κ3) is 4.89. The Hall–Kier alpha value is -2.73. The van der Waals surface area contributed by atoms with Gasteiger partial charge in [-0.15, -0.1) is 0 Å². The van der Waals surface area contributed by atoms with Crippen LogP contribution in [-0.2, 0) is 9.53 Å². The molecule has 1 N–H and O–H groups in total. The molecule has 0 spiro atoms. The number of hydrogen-bond acceptors (Lipinski definition) is 4. The molecule has 0 unspecified atom stereocenters. The zero-order valence-corrected chi connectivity index (χ0v) is 13.2.